The molecule has 0 spiro atoms. The lowest BCUT2D eigenvalue weighted by Crippen LogP contribution is -2.40. The molecular weight excluding hydrogens is 301 g/mol. The number of benzene rings is 1. The van der Waals surface area contributed by atoms with Crippen LogP contribution in [0.3, 0.4) is 0 Å². The Morgan fingerprint density at radius 2 is 1.83 bits per heavy atom. The van der Waals surface area contributed by atoms with Gasteiger partial charge < -0.3 is 15.4 Å². The van der Waals surface area contributed by atoms with Gasteiger partial charge in [-0.3, -0.25) is 14.5 Å². The predicted octanol–water partition coefficient (Wildman–Crippen LogP) is 0.394. The number of nitrogens with zero attached hydrogens (tertiary/aromatic N) is 1. The van der Waals surface area contributed by atoms with E-state index in [1.165, 1.54) is 24.3 Å². The van der Waals surface area contributed by atoms with E-state index in [9.17, 15) is 14.0 Å². The standard InChI is InChI=1S/C16H22FN3O3/c17-14-4-2-13(3-5-14)16(22)19-12-15(21)18-6-1-7-20-8-10-23-11-9-20/h2-5H,1,6-12H2,(H,18,21)(H,19,22). The molecule has 0 atom stereocenters. The third-order valence-electron chi connectivity index (χ3n) is 3.59. The molecule has 1 fully saturated rings. The number of carbonyl (C=O) groups is 2. The van der Waals surface area contributed by atoms with E-state index in [0.717, 1.165) is 39.3 Å². The van der Waals surface area contributed by atoms with Gasteiger partial charge in [-0.15, -0.1) is 0 Å². The van der Waals surface area contributed by atoms with Crippen molar-refractivity contribution in [2.24, 2.45) is 0 Å². The molecule has 1 heterocycles. The Balaban J connectivity index is 1.57. The van der Waals surface area contributed by atoms with Crippen molar-refractivity contribution in [3.63, 3.8) is 0 Å². The minimum atomic E-state index is -0.403. The van der Waals surface area contributed by atoms with Gasteiger partial charge in [0.05, 0.1) is 19.8 Å². The SMILES string of the molecule is O=C(CNC(=O)c1ccc(F)cc1)NCCCN1CCOCC1. The maximum Gasteiger partial charge on any atom is 0.251 e. The molecule has 2 rings (SSSR count). The van der Waals surface area contributed by atoms with E-state index in [1.54, 1.807) is 0 Å². The number of amides is 2. The summed E-state index contributed by atoms with van der Waals surface area (Å²) in [5.74, 6) is -1.03. The highest BCUT2D eigenvalue weighted by molar-refractivity contribution is 5.96. The molecule has 23 heavy (non-hydrogen) atoms. The van der Waals surface area contributed by atoms with E-state index in [2.05, 4.69) is 15.5 Å². The predicted molar refractivity (Wildman–Crippen MR) is 83.6 cm³/mol. The number of carbonyl (C=O) groups excluding carboxylic acids is 2. The van der Waals surface area contributed by atoms with Crippen LogP contribution in [-0.2, 0) is 9.53 Å². The van der Waals surface area contributed by atoms with Gasteiger partial charge in [0.2, 0.25) is 5.91 Å². The van der Waals surface area contributed by atoms with Crippen molar-refractivity contribution in [2.45, 2.75) is 6.42 Å². The summed E-state index contributed by atoms with van der Waals surface area (Å²) in [6.07, 6.45) is 0.859. The van der Waals surface area contributed by atoms with E-state index >= 15 is 0 Å². The molecule has 0 aliphatic carbocycles. The van der Waals surface area contributed by atoms with Crippen molar-refractivity contribution in [3.05, 3.63) is 35.6 Å². The van der Waals surface area contributed by atoms with E-state index in [1.807, 2.05) is 0 Å². The number of hydrogen-bond donors (Lipinski definition) is 2. The summed E-state index contributed by atoms with van der Waals surface area (Å²) < 4.78 is 18.0. The average Bonchev–Trinajstić information content (AvgIpc) is 2.58. The fourth-order valence-corrected chi connectivity index (χ4v) is 2.28. The normalized spacial score (nSPS) is 15.2. The molecule has 1 aliphatic heterocycles. The molecule has 126 valence electrons. The Morgan fingerprint density at radius 1 is 1.13 bits per heavy atom. The van der Waals surface area contributed by atoms with Crippen molar-refractivity contribution in [2.75, 3.05) is 45.9 Å². The average molecular weight is 323 g/mol. The van der Waals surface area contributed by atoms with Crippen molar-refractivity contribution in [3.8, 4) is 0 Å². The van der Waals surface area contributed by atoms with Crippen LogP contribution in [0.1, 0.15) is 16.8 Å². The molecule has 0 radical (unpaired) electrons. The topological polar surface area (TPSA) is 70.7 Å². The van der Waals surface area contributed by atoms with Gasteiger partial charge in [0, 0.05) is 25.2 Å². The van der Waals surface area contributed by atoms with Crippen molar-refractivity contribution >= 4 is 11.8 Å². The summed E-state index contributed by atoms with van der Waals surface area (Å²) in [6.45, 7) is 4.80. The molecule has 0 saturated carbocycles. The van der Waals surface area contributed by atoms with Gasteiger partial charge in [0.15, 0.2) is 0 Å². The second-order valence-electron chi connectivity index (χ2n) is 5.35. The Morgan fingerprint density at radius 3 is 2.52 bits per heavy atom. The lowest BCUT2D eigenvalue weighted by molar-refractivity contribution is -0.120. The van der Waals surface area contributed by atoms with Crippen LogP contribution >= 0.6 is 0 Å². The highest BCUT2D eigenvalue weighted by atomic mass is 19.1. The molecule has 0 aromatic heterocycles. The van der Waals surface area contributed by atoms with Gasteiger partial charge in [0.1, 0.15) is 5.82 Å². The minimum absolute atomic E-state index is 0.0895. The molecule has 0 bridgehead atoms. The first-order valence-corrected chi connectivity index (χ1v) is 7.76. The zero-order valence-corrected chi connectivity index (χ0v) is 13.0. The summed E-state index contributed by atoms with van der Waals surface area (Å²) in [7, 11) is 0. The lowest BCUT2D eigenvalue weighted by Gasteiger charge is -2.26. The van der Waals surface area contributed by atoms with Crippen LogP contribution in [0.5, 0.6) is 0 Å². The maximum absolute atomic E-state index is 12.8. The third-order valence-corrected chi connectivity index (χ3v) is 3.59. The number of ether oxygens (including phenoxy) is 1. The van der Waals surface area contributed by atoms with Gasteiger partial charge in [-0.25, -0.2) is 4.39 Å². The van der Waals surface area contributed by atoms with Gasteiger partial charge in [-0.2, -0.15) is 0 Å². The summed E-state index contributed by atoms with van der Waals surface area (Å²) in [4.78, 5) is 25.7. The molecule has 2 amide bonds. The smallest absolute Gasteiger partial charge is 0.251 e. The lowest BCUT2D eigenvalue weighted by atomic mass is 10.2. The van der Waals surface area contributed by atoms with Gasteiger partial charge in [0.25, 0.3) is 5.91 Å². The highest BCUT2D eigenvalue weighted by Crippen LogP contribution is 2.02. The quantitative estimate of drug-likeness (QED) is 0.713. The summed E-state index contributed by atoms with van der Waals surface area (Å²) in [6, 6.07) is 5.18. The number of hydrogen-bond acceptors (Lipinski definition) is 4. The monoisotopic (exact) mass is 323 g/mol. The van der Waals surface area contributed by atoms with Crippen LogP contribution in [-0.4, -0.2) is 62.7 Å². The van der Waals surface area contributed by atoms with Crippen LogP contribution in [0.25, 0.3) is 0 Å². The fraction of sp³-hybridized carbons (Fsp3) is 0.500. The molecule has 2 N–H and O–H groups in total. The van der Waals surface area contributed by atoms with Crippen LogP contribution in [0.4, 0.5) is 4.39 Å². The first-order chi connectivity index (χ1) is 11.1. The first kappa shape index (κ1) is 17.4. The molecular formula is C16H22FN3O3. The Kier molecular flexibility index (Phi) is 6.96. The van der Waals surface area contributed by atoms with Crippen molar-refractivity contribution in [1.82, 2.24) is 15.5 Å². The largest absolute Gasteiger partial charge is 0.379 e. The molecule has 1 aliphatic rings. The number of morpholine rings is 1. The molecule has 1 saturated heterocycles. The Hall–Kier alpha value is -1.99. The zero-order chi connectivity index (χ0) is 16.5. The van der Waals surface area contributed by atoms with Gasteiger partial charge >= 0.3 is 0 Å². The van der Waals surface area contributed by atoms with E-state index in [-0.39, 0.29) is 12.5 Å². The summed E-state index contributed by atoms with van der Waals surface area (Å²) in [5, 5.41) is 5.27. The Bertz CT molecular complexity index is 516. The van der Waals surface area contributed by atoms with Crippen LogP contribution < -0.4 is 10.6 Å². The van der Waals surface area contributed by atoms with Crippen molar-refractivity contribution in [1.29, 1.82) is 0 Å². The van der Waals surface area contributed by atoms with E-state index in [4.69, 9.17) is 4.74 Å². The molecule has 1 aromatic rings. The summed E-state index contributed by atoms with van der Waals surface area (Å²) >= 11 is 0. The minimum Gasteiger partial charge on any atom is -0.379 e. The van der Waals surface area contributed by atoms with E-state index in [0.29, 0.717) is 12.1 Å². The molecule has 7 heteroatoms. The maximum atomic E-state index is 12.8. The highest BCUT2D eigenvalue weighted by Gasteiger charge is 2.10. The third kappa shape index (κ3) is 6.33. The number of halogens is 1. The van der Waals surface area contributed by atoms with E-state index < -0.39 is 11.7 Å². The Labute approximate surface area is 135 Å². The zero-order valence-electron chi connectivity index (χ0n) is 13.0. The molecule has 0 unspecified atom stereocenters. The van der Waals surface area contributed by atoms with Gasteiger partial charge in [-0.1, -0.05) is 0 Å². The number of rotatable bonds is 7. The molecule has 6 nitrogen and oxygen atoms in total. The van der Waals surface area contributed by atoms with Crippen molar-refractivity contribution < 1.29 is 18.7 Å². The van der Waals surface area contributed by atoms with Crippen LogP contribution in [0.2, 0.25) is 0 Å². The molecule has 1 aromatic carbocycles. The first-order valence-electron chi connectivity index (χ1n) is 7.76. The number of nitrogens with one attached hydrogen (secondary N) is 2. The van der Waals surface area contributed by atoms with Crippen LogP contribution in [0.15, 0.2) is 24.3 Å². The fourth-order valence-electron chi connectivity index (χ4n) is 2.28. The van der Waals surface area contributed by atoms with Crippen LogP contribution in [0, 0.1) is 5.82 Å². The summed E-state index contributed by atoms with van der Waals surface area (Å²) in [5.41, 5.74) is 0.325. The second-order valence-corrected chi connectivity index (χ2v) is 5.35. The second kappa shape index (κ2) is 9.22. The van der Waals surface area contributed by atoms with Gasteiger partial charge in [-0.05, 0) is 37.2 Å².